The molecular weight excluding hydrogens is 378 g/mol. The average molecular weight is 388 g/mol. The first-order valence-corrected chi connectivity index (χ1v) is 7.33. The number of rotatable bonds is 5. The Morgan fingerprint density at radius 3 is 2.71 bits per heavy atom. The van der Waals surface area contributed by atoms with Gasteiger partial charge in [0.1, 0.15) is 23.1 Å². The van der Waals surface area contributed by atoms with Crippen molar-refractivity contribution in [2.45, 2.75) is 0 Å². The molecule has 1 aromatic carbocycles. The molecule has 0 fully saturated rings. The lowest BCUT2D eigenvalue weighted by molar-refractivity contribution is -0.383. The molecule has 1 heterocycles. The van der Waals surface area contributed by atoms with E-state index in [1.807, 2.05) is 0 Å². The van der Waals surface area contributed by atoms with Crippen LogP contribution in [-0.2, 0) is 4.79 Å². The summed E-state index contributed by atoms with van der Waals surface area (Å²) in [5.74, 6) is -0.333. The number of anilines is 2. The van der Waals surface area contributed by atoms with Crippen LogP contribution >= 0.6 is 15.9 Å². The van der Waals surface area contributed by atoms with E-state index < -0.39 is 10.8 Å². The molecule has 0 saturated carbocycles. The summed E-state index contributed by atoms with van der Waals surface area (Å²) < 4.78 is 0.784. The summed E-state index contributed by atoms with van der Waals surface area (Å²) >= 11 is 3.24. The number of nitro benzene ring substituents is 1. The average Bonchev–Trinajstić information content (AvgIpc) is 2.57. The van der Waals surface area contributed by atoms with Crippen LogP contribution in [0.3, 0.4) is 0 Å². The topological polar surface area (TPSA) is 121 Å². The number of para-hydroxylation sites is 2. The molecule has 0 saturated heterocycles. The molecule has 2 N–H and O–H groups in total. The Balaban J connectivity index is 2.15. The van der Waals surface area contributed by atoms with Crippen molar-refractivity contribution in [3.63, 3.8) is 0 Å². The zero-order chi connectivity index (χ0) is 17.5. The molecule has 0 radical (unpaired) electrons. The van der Waals surface area contributed by atoms with Crippen LogP contribution in [0.1, 0.15) is 0 Å². The molecule has 0 bridgehead atoms. The first kappa shape index (κ1) is 17.1. The number of halogens is 1. The number of hydrogen-bond donors (Lipinski definition) is 2. The lowest BCUT2D eigenvalue weighted by Gasteiger charge is -2.05. The van der Waals surface area contributed by atoms with Gasteiger partial charge in [-0.2, -0.15) is 5.26 Å². The molecule has 1 aromatic heterocycles. The van der Waals surface area contributed by atoms with Crippen LogP contribution < -0.4 is 10.6 Å². The van der Waals surface area contributed by atoms with E-state index in [0.29, 0.717) is 5.82 Å². The predicted octanol–water partition coefficient (Wildman–Crippen LogP) is 3.21. The number of benzene rings is 1. The zero-order valence-corrected chi connectivity index (χ0v) is 13.6. The van der Waals surface area contributed by atoms with Gasteiger partial charge < -0.3 is 10.6 Å². The van der Waals surface area contributed by atoms with Crippen LogP contribution in [0, 0.1) is 21.4 Å². The minimum absolute atomic E-state index is 0.00965. The van der Waals surface area contributed by atoms with Crippen LogP contribution in [0.15, 0.2) is 58.8 Å². The highest BCUT2D eigenvalue weighted by atomic mass is 79.9. The van der Waals surface area contributed by atoms with Gasteiger partial charge in [-0.25, -0.2) is 4.98 Å². The third kappa shape index (κ3) is 4.37. The second-order valence-corrected chi connectivity index (χ2v) is 5.32. The Bertz CT molecular complexity index is 843. The number of carbonyl (C=O) groups is 1. The lowest BCUT2D eigenvalue weighted by atomic mass is 10.2. The van der Waals surface area contributed by atoms with Crippen LogP contribution in [0.2, 0.25) is 0 Å². The van der Waals surface area contributed by atoms with E-state index in [1.165, 1.54) is 24.4 Å². The van der Waals surface area contributed by atoms with Crippen molar-refractivity contribution >= 4 is 39.0 Å². The minimum atomic E-state index is -0.767. The van der Waals surface area contributed by atoms with Gasteiger partial charge in [-0.1, -0.05) is 12.1 Å². The number of aromatic nitrogens is 1. The molecule has 0 aliphatic carbocycles. The molecule has 9 heteroatoms. The van der Waals surface area contributed by atoms with Crippen molar-refractivity contribution in [2.24, 2.45) is 0 Å². The maximum atomic E-state index is 12.1. The van der Waals surface area contributed by atoms with Crippen LogP contribution in [0.25, 0.3) is 0 Å². The molecule has 120 valence electrons. The van der Waals surface area contributed by atoms with Crippen molar-refractivity contribution in [1.29, 1.82) is 5.26 Å². The molecule has 8 nitrogen and oxygen atoms in total. The molecule has 24 heavy (non-hydrogen) atoms. The smallest absolute Gasteiger partial charge is 0.292 e. The molecule has 0 spiro atoms. The van der Waals surface area contributed by atoms with E-state index in [9.17, 15) is 14.9 Å². The van der Waals surface area contributed by atoms with Crippen molar-refractivity contribution < 1.29 is 9.72 Å². The third-order valence-electron chi connectivity index (χ3n) is 2.81. The molecule has 0 aliphatic heterocycles. The fraction of sp³-hybridized carbons (Fsp3) is 0. The van der Waals surface area contributed by atoms with E-state index in [1.54, 1.807) is 30.5 Å². The number of hydrogen-bond acceptors (Lipinski definition) is 6. The predicted molar refractivity (Wildman–Crippen MR) is 91.0 cm³/mol. The number of nitriles is 1. The zero-order valence-electron chi connectivity index (χ0n) is 12.1. The normalized spacial score (nSPS) is 10.6. The standard InChI is InChI=1S/C15H10BrN5O3/c16-11-5-6-14(19-9-11)18-8-10(7-17)15(22)20-12-3-1-2-4-13(12)21(23)24/h1-6,8-9H,(H,18,19)(H,20,22)/b10-8-. The van der Waals surface area contributed by atoms with Gasteiger partial charge in [-0.05, 0) is 34.1 Å². The fourth-order valence-electron chi connectivity index (χ4n) is 1.68. The summed E-state index contributed by atoms with van der Waals surface area (Å²) in [5, 5.41) is 25.1. The Kier molecular flexibility index (Phi) is 5.59. The molecule has 0 atom stereocenters. The van der Waals surface area contributed by atoms with Gasteiger partial charge in [0, 0.05) is 22.9 Å². The highest BCUT2D eigenvalue weighted by Gasteiger charge is 2.17. The van der Waals surface area contributed by atoms with Gasteiger partial charge in [0.15, 0.2) is 0 Å². The van der Waals surface area contributed by atoms with Crippen molar-refractivity contribution in [3.8, 4) is 6.07 Å². The largest absolute Gasteiger partial charge is 0.345 e. The van der Waals surface area contributed by atoms with E-state index >= 15 is 0 Å². The van der Waals surface area contributed by atoms with Gasteiger partial charge in [-0.3, -0.25) is 14.9 Å². The first-order valence-electron chi connectivity index (χ1n) is 6.54. The number of carbonyl (C=O) groups excluding carboxylic acids is 1. The summed E-state index contributed by atoms with van der Waals surface area (Å²) in [6, 6.07) is 10.8. The number of nitrogens with one attached hydrogen (secondary N) is 2. The maximum absolute atomic E-state index is 12.1. The van der Waals surface area contributed by atoms with Gasteiger partial charge >= 0.3 is 0 Å². The Morgan fingerprint density at radius 2 is 2.08 bits per heavy atom. The van der Waals surface area contributed by atoms with Gasteiger partial charge in [0.2, 0.25) is 0 Å². The maximum Gasteiger partial charge on any atom is 0.292 e. The number of nitrogens with zero attached hydrogens (tertiary/aromatic N) is 3. The summed E-state index contributed by atoms with van der Waals surface area (Å²) in [7, 11) is 0. The molecular formula is C15H10BrN5O3. The Morgan fingerprint density at radius 1 is 1.33 bits per heavy atom. The first-order chi connectivity index (χ1) is 11.5. The highest BCUT2D eigenvalue weighted by molar-refractivity contribution is 9.10. The number of pyridine rings is 1. The van der Waals surface area contributed by atoms with Gasteiger partial charge in [0.05, 0.1) is 4.92 Å². The number of amides is 1. The second-order valence-electron chi connectivity index (χ2n) is 4.40. The summed E-state index contributed by atoms with van der Waals surface area (Å²) in [6.45, 7) is 0. The third-order valence-corrected chi connectivity index (χ3v) is 3.27. The molecule has 0 aliphatic rings. The molecule has 2 rings (SSSR count). The molecule has 2 aromatic rings. The van der Waals surface area contributed by atoms with E-state index in [2.05, 4.69) is 31.5 Å². The van der Waals surface area contributed by atoms with Crippen LogP contribution in [-0.4, -0.2) is 15.8 Å². The van der Waals surface area contributed by atoms with E-state index in [0.717, 1.165) is 4.47 Å². The SMILES string of the molecule is N#C/C(=C/Nc1ccc(Br)cn1)C(=O)Nc1ccccc1[N+](=O)[O-]. The highest BCUT2D eigenvalue weighted by Crippen LogP contribution is 2.23. The van der Waals surface area contributed by atoms with Crippen molar-refractivity contribution in [3.05, 3.63) is 69.0 Å². The Labute approximate surface area is 145 Å². The second kappa shape index (κ2) is 7.85. The molecule has 1 amide bonds. The summed E-state index contributed by atoms with van der Waals surface area (Å²) in [6.07, 6.45) is 2.73. The lowest BCUT2D eigenvalue weighted by Crippen LogP contribution is -2.15. The minimum Gasteiger partial charge on any atom is -0.345 e. The quantitative estimate of drug-likeness (QED) is 0.351. The van der Waals surface area contributed by atoms with Gasteiger partial charge in [-0.15, -0.1) is 0 Å². The monoisotopic (exact) mass is 387 g/mol. The van der Waals surface area contributed by atoms with Crippen LogP contribution in [0.4, 0.5) is 17.2 Å². The summed E-state index contributed by atoms with van der Waals surface area (Å²) in [5.41, 5.74) is -0.501. The Hall–Kier alpha value is -3.25. The fourth-order valence-corrected chi connectivity index (χ4v) is 1.92. The van der Waals surface area contributed by atoms with Crippen LogP contribution in [0.5, 0.6) is 0 Å². The molecule has 0 unspecified atom stereocenters. The number of nitro groups is 1. The van der Waals surface area contributed by atoms with E-state index in [4.69, 9.17) is 5.26 Å². The van der Waals surface area contributed by atoms with Crippen molar-refractivity contribution in [2.75, 3.05) is 10.6 Å². The summed E-state index contributed by atoms with van der Waals surface area (Å²) in [4.78, 5) is 26.4. The van der Waals surface area contributed by atoms with Gasteiger partial charge in [0.25, 0.3) is 11.6 Å². The van der Waals surface area contributed by atoms with Crippen molar-refractivity contribution in [1.82, 2.24) is 4.98 Å². The van der Waals surface area contributed by atoms with E-state index in [-0.39, 0.29) is 16.9 Å².